The van der Waals surface area contributed by atoms with Gasteiger partial charge in [-0.25, -0.2) is 8.78 Å². The number of anilines is 6. The van der Waals surface area contributed by atoms with E-state index < -0.39 is 0 Å². The van der Waals surface area contributed by atoms with Crippen LogP contribution in [-0.2, 0) is 5.41 Å². The van der Waals surface area contributed by atoms with Gasteiger partial charge in [-0.05, 0) is 171 Å². The van der Waals surface area contributed by atoms with Crippen LogP contribution in [0.1, 0.15) is 43.2 Å². The first kappa shape index (κ1) is 40.1. The highest BCUT2D eigenvalue weighted by Crippen LogP contribution is 2.70. The van der Waals surface area contributed by atoms with Crippen LogP contribution in [-0.4, -0.2) is 0 Å². The fourth-order valence-corrected chi connectivity index (χ4v) is 14.9. The summed E-state index contributed by atoms with van der Waals surface area (Å²) < 4.78 is 33.3. The van der Waals surface area contributed by atoms with Gasteiger partial charge in [0, 0.05) is 27.4 Å². The van der Waals surface area contributed by atoms with E-state index in [4.69, 9.17) is 0 Å². The predicted molar refractivity (Wildman–Crippen MR) is 286 cm³/mol. The van der Waals surface area contributed by atoms with Crippen LogP contribution in [0.25, 0.3) is 65.3 Å². The van der Waals surface area contributed by atoms with Gasteiger partial charge >= 0.3 is 0 Å². The highest BCUT2D eigenvalue weighted by molar-refractivity contribution is 6.28. The molecule has 0 aliphatic heterocycles. The van der Waals surface area contributed by atoms with Crippen molar-refractivity contribution in [1.29, 1.82) is 0 Å². The van der Waals surface area contributed by atoms with Crippen LogP contribution < -0.4 is 9.80 Å². The molecule has 4 bridgehead atoms. The topological polar surface area (TPSA) is 6.48 Å². The Bertz CT molecular complexity index is 3890. The van der Waals surface area contributed by atoms with E-state index in [0.29, 0.717) is 23.2 Å². The van der Waals surface area contributed by atoms with E-state index >= 15 is 8.78 Å². The second-order valence-corrected chi connectivity index (χ2v) is 20.7. The lowest BCUT2D eigenvalue weighted by atomic mass is 9.43. The molecular formula is C66H48F2N2. The lowest BCUT2D eigenvalue weighted by molar-refractivity contribution is -0.0399. The van der Waals surface area contributed by atoms with Crippen molar-refractivity contribution in [2.45, 2.75) is 37.5 Å². The van der Waals surface area contributed by atoms with Crippen molar-refractivity contribution in [2.75, 3.05) is 9.80 Å². The van der Waals surface area contributed by atoms with Gasteiger partial charge in [0.25, 0.3) is 0 Å². The van der Waals surface area contributed by atoms with Crippen molar-refractivity contribution < 1.29 is 8.78 Å². The molecule has 0 N–H and O–H groups in total. The molecule has 2 nitrogen and oxygen atoms in total. The summed E-state index contributed by atoms with van der Waals surface area (Å²) in [6.07, 6.45) is 6.58. The van der Waals surface area contributed by atoms with Gasteiger partial charge < -0.3 is 9.80 Å². The first-order valence-electron chi connectivity index (χ1n) is 25.1. The molecule has 0 amide bonds. The van der Waals surface area contributed by atoms with Crippen molar-refractivity contribution >= 4 is 77.2 Å². The van der Waals surface area contributed by atoms with Crippen LogP contribution in [0.15, 0.2) is 206 Å². The molecule has 0 aromatic heterocycles. The van der Waals surface area contributed by atoms with E-state index in [1.165, 1.54) is 65.1 Å². The van der Waals surface area contributed by atoms with Gasteiger partial charge in [-0.1, -0.05) is 152 Å². The number of rotatable bonds is 7. The molecule has 1 spiro atoms. The summed E-state index contributed by atoms with van der Waals surface area (Å²) in [4.78, 5) is 4.30. The molecule has 0 saturated heterocycles. The maximum atomic E-state index is 16.9. The summed E-state index contributed by atoms with van der Waals surface area (Å²) in [5.41, 5.74) is 12.2. The zero-order valence-corrected chi connectivity index (χ0v) is 38.6. The Morgan fingerprint density at radius 2 is 0.900 bits per heavy atom. The molecule has 5 aliphatic carbocycles. The van der Waals surface area contributed by atoms with Crippen molar-refractivity contribution in [3.05, 3.63) is 229 Å². The first-order chi connectivity index (χ1) is 34.5. The Morgan fingerprint density at radius 3 is 1.61 bits per heavy atom. The van der Waals surface area contributed by atoms with E-state index in [9.17, 15) is 0 Å². The molecule has 5 aliphatic rings. The number of benzene rings is 11. The molecule has 336 valence electrons. The van der Waals surface area contributed by atoms with Gasteiger partial charge in [0.2, 0.25) is 0 Å². The van der Waals surface area contributed by atoms with Gasteiger partial charge in [-0.15, -0.1) is 0 Å². The molecule has 0 unspecified atom stereocenters. The molecule has 70 heavy (non-hydrogen) atoms. The van der Waals surface area contributed by atoms with Crippen LogP contribution in [0.2, 0.25) is 0 Å². The van der Waals surface area contributed by atoms with Crippen LogP contribution >= 0.6 is 0 Å². The second kappa shape index (κ2) is 15.1. The number of halogens is 2. The minimum absolute atomic E-state index is 0.0339. The van der Waals surface area contributed by atoms with E-state index in [1.54, 1.807) is 24.3 Å². The third kappa shape index (κ3) is 5.59. The fraction of sp³-hybridized carbons (Fsp3) is 0.152. The van der Waals surface area contributed by atoms with Gasteiger partial charge in [-0.2, -0.15) is 0 Å². The fourth-order valence-electron chi connectivity index (χ4n) is 14.9. The summed E-state index contributed by atoms with van der Waals surface area (Å²) in [6.45, 7) is 0. The molecule has 4 fully saturated rings. The summed E-state index contributed by atoms with van der Waals surface area (Å²) in [5.74, 6) is 2.31. The Kier molecular flexibility index (Phi) is 8.64. The van der Waals surface area contributed by atoms with Crippen molar-refractivity contribution in [3.63, 3.8) is 0 Å². The SMILES string of the molecule is Fc1ccccc1N(c1cccc(-c2cccc3ccccc23)c1)c1ccc2ccc3c(N(c4ccccc4F)c4cccc5c4-c4ccccc4C54C5CC6CC(C5)CC4C6)ccc4ccc1c2c43. The molecule has 0 atom stereocenters. The molecular weight excluding hydrogens is 859 g/mol. The predicted octanol–water partition coefficient (Wildman–Crippen LogP) is 18.3. The molecule has 16 rings (SSSR count). The summed E-state index contributed by atoms with van der Waals surface area (Å²) in [7, 11) is 0. The Labute approximate surface area is 406 Å². The van der Waals surface area contributed by atoms with E-state index in [2.05, 4.69) is 168 Å². The average Bonchev–Trinajstić information content (AvgIpc) is 3.70. The largest absolute Gasteiger partial charge is 0.307 e. The smallest absolute Gasteiger partial charge is 0.147 e. The van der Waals surface area contributed by atoms with Crippen LogP contribution in [0.4, 0.5) is 42.9 Å². The minimum atomic E-state index is -0.307. The highest BCUT2D eigenvalue weighted by Gasteiger charge is 2.62. The molecule has 4 saturated carbocycles. The minimum Gasteiger partial charge on any atom is -0.307 e. The second-order valence-electron chi connectivity index (χ2n) is 20.7. The van der Waals surface area contributed by atoms with Crippen LogP contribution in [0.3, 0.4) is 0 Å². The normalized spacial score (nSPS) is 20.8. The monoisotopic (exact) mass is 906 g/mol. The molecule has 0 heterocycles. The number of hydrogen-bond donors (Lipinski definition) is 0. The van der Waals surface area contributed by atoms with Crippen molar-refractivity contribution in [2.24, 2.45) is 23.7 Å². The van der Waals surface area contributed by atoms with Crippen LogP contribution in [0, 0.1) is 35.3 Å². The number of nitrogens with zero attached hydrogens (tertiary/aromatic N) is 2. The lowest BCUT2D eigenvalue weighted by Gasteiger charge is -2.61. The standard InChI is InChI=1S/C66H48F2N2/c67-56-21-5-7-23-60(56)69(48-15-9-14-45(39-48)50-18-10-13-42-12-1-2-16-49(42)50)58-32-28-43-27-31-53-59(33-29-44-26-30-52(58)63(43)64(44)53)70(61-24-8-6-22-57(61)68)62-25-11-20-55-65(62)51-17-3-4-19-54(51)66(55)46-35-40-34-41(37-46)38-47(66)36-40/h1-33,39-41,46-47H,34-38H2. The van der Waals surface area contributed by atoms with E-state index in [1.807, 2.05) is 24.3 Å². The number of para-hydroxylation sites is 2. The van der Waals surface area contributed by atoms with Gasteiger partial charge in [0.05, 0.1) is 28.4 Å². The number of hydrogen-bond acceptors (Lipinski definition) is 2. The zero-order valence-electron chi connectivity index (χ0n) is 38.6. The molecule has 4 heteroatoms. The lowest BCUT2D eigenvalue weighted by Crippen LogP contribution is -2.55. The average molecular weight is 907 g/mol. The quantitative estimate of drug-likeness (QED) is 0.147. The first-order valence-corrected chi connectivity index (χ1v) is 25.1. The highest BCUT2D eigenvalue weighted by atomic mass is 19.1. The van der Waals surface area contributed by atoms with Gasteiger partial charge in [0.15, 0.2) is 0 Å². The van der Waals surface area contributed by atoms with Crippen molar-refractivity contribution in [3.8, 4) is 22.3 Å². The van der Waals surface area contributed by atoms with Gasteiger partial charge in [-0.3, -0.25) is 0 Å². The Hall–Kier alpha value is -7.82. The van der Waals surface area contributed by atoms with Gasteiger partial charge in [0.1, 0.15) is 11.6 Å². The number of fused-ring (bicyclic) bond motifs is 4. The van der Waals surface area contributed by atoms with Crippen LogP contribution in [0.5, 0.6) is 0 Å². The van der Waals surface area contributed by atoms with E-state index in [-0.39, 0.29) is 17.0 Å². The summed E-state index contributed by atoms with van der Waals surface area (Å²) in [5, 5.41) is 8.73. The maximum absolute atomic E-state index is 16.9. The molecule has 11 aromatic rings. The third-order valence-corrected chi connectivity index (χ3v) is 17.3. The maximum Gasteiger partial charge on any atom is 0.147 e. The third-order valence-electron chi connectivity index (χ3n) is 17.3. The summed E-state index contributed by atoms with van der Waals surface area (Å²) in [6, 6.07) is 71.3. The zero-order chi connectivity index (χ0) is 46.2. The molecule has 11 aromatic carbocycles. The molecule has 0 radical (unpaired) electrons. The van der Waals surface area contributed by atoms with Crippen molar-refractivity contribution in [1.82, 2.24) is 0 Å². The Balaban J connectivity index is 0.956. The van der Waals surface area contributed by atoms with E-state index in [0.717, 1.165) is 78.0 Å². The summed E-state index contributed by atoms with van der Waals surface area (Å²) >= 11 is 0. The Morgan fingerprint density at radius 1 is 0.371 bits per heavy atom.